The topological polar surface area (TPSA) is 95.9 Å². The van der Waals surface area contributed by atoms with E-state index in [0.29, 0.717) is 11.3 Å². The lowest BCUT2D eigenvalue weighted by Crippen LogP contribution is -2.28. The fourth-order valence-electron chi connectivity index (χ4n) is 3.61. The van der Waals surface area contributed by atoms with E-state index < -0.39 is 37.7 Å². The van der Waals surface area contributed by atoms with Crippen LogP contribution in [0.4, 0.5) is 14.5 Å². The minimum Gasteiger partial charge on any atom is -0.284 e. The molecule has 11 heteroatoms. The summed E-state index contributed by atoms with van der Waals surface area (Å²) in [6, 6.07) is 15.6. The van der Waals surface area contributed by atoms with Crippen molar-refractivity contribution < 1.29 is 25.6 Å². The molecule has 7 nitrogen and oxygen atoms in total. The molecular weight excluding hydrogens is 484 g/mol. The second-order valence-corrected chi connectivity index (χ2v) is 11.4. The molecule has 0 unspecified atom stereocenters. The number of anilines is 1. The normalized spacial score (nSPS) is 16.4. The van der Waals surface area contributed by atoms with Crippen LogP contribution >= 0.6 is 0 Å². The van der Waals surface area contributed by atoms with Gasteiger partial charge >= 0.3 is 0 Å². The SMILES string of the molecule is CCS(=O)(=O)Nc1cccc(C2=NN(S(=O)(=O)c3cccc(F)c3)[C@H](c3ccccc3F)C2)c1. The predicted octanol–water partition coefficient (Wildman–Crippen LogP) is 4.27. The summed E-state index contributed by atoms with van der Waals surface area (Å²) < 4.78 is 82.4. The molecule has 1 aliphatic rings. The summed E-state index contributed by atoms with van der Waals surface area (Å²) in [5, 5.41) is 4.29. The summed E-state index contributed by atoms with van der Waals surface area (Å²) in [6.45, 7) is 1.50. The van der Waals surface area contributed by atoms with Crippen LogP contribution in [0.3, 0.4) is 0 Å². The number of hydrogen-bond acceptors (Lipinski definition) is 5. The van der Waals surface area contributed by atoms with Crippen LogP contribution in [0, 0.1) is 11.6 Å². The fourth-order valence-corrected chi connectivity index (χ4v) is 5.70. The van der Waals surface area contributed by atoms with E-state index in [1.165, 1.54) is 43.3 Å². The second kappa shape index (κ2) is 9.15. The van der Waals surface area contributed by atoms with Gasteiger partial charge in [-0.1, -0.05) is 36.4 Å². The highest BCUT2D eigenvalue weighted by atomic mass is 32.2. The average Bonchev–Trinajstić information content (AvgIpc) is 3.25. The molecule has 3 aromatic carbocycles. The Morgan fingerprint density at radius 3 is 2.41 bits per heavy atom. The van der Waals surface area contributed by atoms with E-state index in [1.807, 2.05) is 0 Å². The first-order chi connectivity index (χ1) is 16.1. The van der Waals surface area contributed by atoms with Gasteiger partial charge in [0.2, 0.25) is 10.0 Å². The van der Waals surface area contributed by atoms with Crippen LogP contribution in [0.1, 0.15) is 30.5 Å². The molecule has 1 heterocycles. The highest BCUT2D eigenvalue weighted by Crippen LogP contribution is 2.38. The van der Waals surface area contributed by atoms with E-state index in [0.717, 1.165) is 16.5 Å². The molecule has 4 rings (SSSR count). The standard InChI is InChI=1S/C23H21F2N3O4S2/c1-2-33(29,30)27-18-9-5-7-16(13-18)22-15-23(20-11-3-4-12-21(20)25)28(26-22)34(31,32)19-10-6-8-17(24)14-19/h3-14,23,27H,2,15H2,1H3/t23-/m0/s1. The van der Waals surface area contributed by atoms with E-state index in [2.05, 4.69) is 9.82 Å². The zero-order chi connectivity index (χ0) is 24.5. The minimum atomic E-state index is -4.33. The third-order valence-electron chi connectivity index (χ3n) is 5.33. The van der Waals surface area contributed by atoms with E-state index in [-0.39, 0.29) is 28.3 Å². The molecule has 1 N–H and O–H groups in total. The second-order valence-electron chi connectivity index (χ2n) is 7.61. The molecule has 1 aliphatic heterocycles. The molecule has 0 saturated heterocycles. The van der Waals surface area contributed by atoms with Gasteiger partial charge in [0.15, 0.2) is 0 Å². The van der Waals surface area contributed by atoms with Crippen molar-refractivity contribution in [1.82, 2.24) is 4.41 Å². The molecule has 34 heavy (non-hydrogen) atoms. The van der Waals surface area contributed by atoms with Gasteiger partial charge in [0, 0.05) is 17.7 Å². The van der Waals surface area contributed by atoms with Crippen LogP contribution in [-0.4, -0.2) is 32.7 Å². The lowest BCUT2D eigenvalue weighted by atomic mass is 9.98. The van der Waals surface area contributed by atoms with Gasteiger partial charge in [-0.05, 0) is 48.9 Å². The molecule has 178 valence electrons. The van der Waals surface area contributed by atoms with Gasteiger partial charge in [-0.25, -0.2) is 17.2 Å². The molecule has 0 spiro atoms. The highest BCUT2D eigenvalue weighted by Gasteiger charge is 2.39. The van der Waals surface area contributed by atoms with Crippen LogP contribution in [0.2, 0.25) is 0 Å². The Kier molecular flexibility index (Phi) is 6.41. The van der Waals surface area contributed by atoms with Crippen molar-refractivity contribution in [1.29, 1.82) is 0 Å². The lowest BCUT2D eigenvalue weighted by molar-refractivity contribution is 0.362. The molecule has 0 saturated carbocycles. The first-order valence-electron chi connectivity index (χ1n) is 10.3. The Balaban J connectivity index is 1.79. The third-order valence-corrected chi connectivity index (χ3v) is 8.31. The van der Waals surface area contributed by atoms with Crippen molar-refractivity contribution in [2.75, 3.05) is 10.5 Å². The predicted molar refractivity (Wildman–Crippen MR) is 125 cm³/mol. The highest BCUT2D eigenvalue weighted by molar-refractivity contribution is 7.92. The Morgan fingerprint density at radius 1 is 0.971 bits per heavy atom. The molecule has 0 aromatic heterocycles. The maximum atomic E-state index is 14.7. The molecule has 0 aliphatic carbocycles. The Labute approximate surface area is 196 Å². The van der Waals surface area contributed by atoms with Crippen molar-refractivity contribution in [3.8, 4) is 0 Å². The van der Waals surface area contributed by atoms with Crippen LogP contribution in [0.5, 0.6) is 0 Å². The van der Waals surface area contributed by atoms with Crippen LogP contribution in [0.25, 0.3) is 0 Å². The van der Waals surface area contributed by atoms with E-state index in [1.54, 1.807) is 24.3 Å². The summed E-state index contributed by atoms with van der Waals surface area (Å²) in [5.74, 6) is -1.46. The van der Waals surface area contributed by atoms with E-state index in [9.17, 15) is 25.6 Å². The van der Waals surface area contributed by atoms with Gasteiger partial charge in [0.1, 0.15) is 11.6 Å². The molecule has 3 aromatic rings. The van der Waals surface area contributed by atoms with Gasteiger partial charge in [-0.2, -0.15) is 17.9 Å². The van der Waals surface area contributed by atoms with Gasteiger partial charge in [-0.3, -0.25) is 4.72 Å². The van der Waals surface area contributed by atoms with Crippen LogP contribution < -0.4 is 4.72 Å². The number of rotatable bonds is 7. The molecule has 0 fully saturated rings. The van der Waals surface area contributed by atoms with Gasteiger partial charge < -0.3 is 0 Å². The molecule has 1 atom stereocenters. The summed E-state index contributed by atoms with van der Waals surface area (Å²) >= 11 is 0. The van der Waals surface area contributed by atoms with E-state index >= 15 is 0 Å². The fraction of sp³-hybridized carbons (Fsp3) is 0.174. The largest absolute Gasteiger partial charge is 0.284 e. The first-order valence-corrected chi connectivity index (χ1v) is 13.4. The maximum Gasteiger partial charge on any atom is 0.279 e. The minimum absolute atomic E-state index is 0.0272. The number of hydrogen-bond donors (Lipinski definition) is 1. The molecule has 0 radical (unpaired) electrons. The van der Waals surface area contributed by atoms with Crippen LogP contribution in [-0.2, 0) is 20.0 Å². The van der Waals surface area contributed by atoms with Crippen molar-refractivity contribution in [3.05, 3.63) is 95.6 Å². The zero-order valence-corrected chi connectivity index (χ0v) is 19.7. The summed E-state index contributed by atoms with van der Waals surface area (Å²) in [6.07, 6.45) is 0.0272. The van der Waals surface area contributed by atoms with Crippen molar-refractivity contribution in [2.45, 2.75) is 24.3 Å². The van der Waals surface area contributed by atoms with Crippen molar-refractivity contribution in [3.63, 3.8) is 0 Å². The maximum absolute atomic E-state index is 14.7. The van der Waals surface area contributed by atoms with Gasteiger partial charge in [-0.15, -0.1) is 0 Å². The number of nitrogens with one attached hydrogen (secondary N) is 1. The van der Waals surface area contributed by atoms with Crippen molar-refractivity contribution >= 4 is 31.4 Å². The number of hydrazone groups is 1. The van der Waals surface area contributed by atoms with Crippen molar-refractivity contribution in [2.24, 2.45) is 5.10 Å². The number of sulfonamides is 2. The third kappa shape index (κ3) is 4.80. The number of benzene rings is 3. The molecule has 0 amide bonds. The van der Waals surface area contributed by atoms with Gasteiger partial charge in [0.05, 0.1) is 22.4 Å². The summed E-state index contributed by atoms with van der Waals surface area (Å²) in [7, 11) is -7.86. The molecule has 0 bridgehead atoms. The summed E-state index contributed by atoms with van der Waals surface area (Å²) in [4.78, 5) is -0.316. The van der Waals surface area contributed by atoms with E-state index in [4.69, 9.17) is 0 Å². The summed E-state index contributed by atoms with van der Waals surface area (Å²) in [5.41, 5.74) is 1.18. The van der Waals surface area contributed by atoms with Crippen LogP contribution in [0.15, 0.2) is 82.8 Å². The molecular formula is C23H21F2N3O4S2. The number of nitrogens with zero attached hydrogens (tertiary/aromatic N) is 2. The van der Waals surface area contributed by atoms with Gasteiger partial charge in [0.25, 0.3) is 10.0 Å². The Morgan fingerprint density at radius 2 is 1.71 bits per heavy atom. The average molecular weight is 506 g/mol. The quantitative estimate of drug-likeness (QED) is 0.519. The monoisotopic (exact) mass is 505 g/mol. The number of halogens is 2. The first kappa shape index (κ1) is 23.8. The lowest BCUT2D eigenvalue weighted by Gasteiger charge is -2.23. The smallest absolute Gasteiger partial charge is 0.279 e. The zero-order valence-electron chi connectivity index (χ0n) is 18.0. The Hall–Kier alpha value is -3.31. The Bertz CT molecular complexity index is 1470.